The third kappa shape index (κ3) is 3.55. The first-order valence-corrected chi connectivity index (χ1v) is 6.76. The zero-order chi connectivity index (χ0) is 18.7. The third-order valence-corrected chi connectivity index (χ3v) is 3.29. The van der Waals surface area contributed by atoms with Crippen LogP contribution in [0.3, 0.4) is 0 Å². The number of aromatic carboxylic acids is 2. The van der Waals surface area contributed by atoms with Crippen LogP contribution in [-0.2, 0) is 4.79 Å². The number of pyridine rings is 1. The number of anilines is 1. The molecule has 0 radical (unpaired) electrons. The molecule has 2 aromatic rings. The number of nitrogen functional groups attached to an aromatic ring is 1. The van der Waals surface area contributed by atoms with Gasteiger partial charge < -0.3 is 26.0 Å². The van der Waals surface area contributed by atoms with Crippen molar-refractivity contribution in [3.05, 3.63) is 57.4 Å². The number of hydrogen-bond acceptors (Lipinski definition) is 5. The van der Waals surface area contributed by atoms with Crippen molar-refractivity contribution in [2.24, 2.45) is 0 Å². The van der Waals surface area contributed by atoms with E-state index in [1.807, 2.05) is 4.98 Å². The molecule has 0 amide bonds. The molecule has 1 aromatic heterocycles. The number of nitrogens with one attached hydrogen (secondary N) is 1. The lowest BCUT2D eigenvalue weighted by Crippen LogP contribution is -2.24. The molecule has 0 atom stereocenters. The van der Waals surface area contributed by atoms with Crippen LogP contribution in [0.15, 0.2) is 35.1 Å². The molecule has 9 heteroatoms. The van der Waals surface area contributed by atoms with Gasteiger partial charge in [-0.1, -0.05) is 24.3 Å². The molecule has 2 rings (SSSR count). The summed E-state index contributed by atoms with van der Waals surface area (Å²) in [4.78, 5) is 47.3. The first-order chi connectivity index (χ1) is 11.7. The molecule has 0 saturated carbocycles. The topological polar surface area (TPSA) is 171 Å². The minimum Gasteiger partial charge on any atom is -0.478 e. The zero-order valence-electron chi connectivity index (χ0n) is 12.5. The largest absolute Gasteiger partial charge is 0.478 e. The summed E-state index contributed by atoms with van der Waals surface area (Å²) in [7, 11) is 0. The summed E-state index contributed by atoms with van der Waals surface area (Å²) < 4.78 is 0. The summed E-state index contributed by atoms with van der Waals surface area (Å²) >= 11 is 0. The highest BCUT2D eigenvalue weighted by Gasteiger charge is 2.26. The molecule has 0 spiro atoms. The van der Waals surface area contributed by atoms with Crippen molar-refractivity contribution in [3.8, 4) is 11.1 Å². The van der Waals surface area contributed by atoms with E-state index in [9.17, 15) is 29.4 Å². The summed E-state index contributed by atoms with van der Waals surface area (Å²) in [5.74, 6) is -4.71. The van der Waals surface area contributed by atoms with Gasteiger partial charge >= 0.3 is 17.9 Å². The third-order valence-electron chi connectivity index (χ3n) is 3.29. The van der Waals surface area contributed by atoms with Crippen molar-refractivity contribution in [2.45, 2.75) is 0 Å². The van der Waals surface area contributed by atoms with Gasteiger partial charge in [0.05, 0.1) is 0 Å². The molecule has 0 saturated heterocycles. The van der Waals surface area contributed by atoms with Crippen LogP contribution < -0.4 is 11.3 Å². The molecule has 128 valence electrons. The van der Waals surface area contributed by atoms with Crippen molar-refractivity contribution in [2.75, 3.05) is 5.73 Å². The predicted octanol–water partition coefficient (Wildman–Crippen LogP) is 1.12. The number of H-pyrrole nitrogens is 1. The standard InChI is InChI=1S/C16H12N2O7/c17-13-11(15(22)23)10(12(16(24)25)14(21)18-13)8-4-1-7(2-5-8)3-6-9(19)20/h1-6H,(H,19,20)(H,22,23)(H,24,25)(H3,17,18,21). The predicted molar refractivity (Wildman–Crippen MR) is 87.5 cm³/mol. The Kier molecular flexibility index (Phi) is 4.69. The Morgan fingerprint density at radius 2 is 1.52 bits per heavy atom. The maximum absolute atomic E-state index is 11.9. The number of nitrogens with two attached hydrogens (primary N) is 1. The number of aliphatic carboxylic acids is 1. The number of carboxylic acids is 3. The fourth-order valence-electron chi connectivity index (χ4n) is 2.26. The fourth-order valence-corrected chi connectivity index (χ4v) is 2.26. The Balaban J connectivity index is 2.73. The van der Waals surface area contributed by atoms with Crippen LogP contribution in [0.2, 0.25) is 0 Å². The van der Waals surface area contributed by atoms with Crippen LogP contribution in [0.1, 0.15) is 26.3 Å². The van der Waals surface area contributed by atoms with Gasteiger partial charge in [-0.15, -0.1) is 0 Å². The molecule has 1 heterocycles. The van der Waals surface area contributed by atoms with E-state index in [2.05, 4.69) is 0 Å². The number of benzene rings is 1. The van der Waals surface area contributed by atoms with E-state index in [0.29, 0.717) is 5.56 Å². The molecule has 9 nitrogen and oxygen atoms in total. The Morgan fingerprint density at radius 1 is 0.960 bits per heavy atom. The molecule has 0 unspecified atom stereocenters. The summed E-state index contributed by atoms with van der Waals surface area (Å²) in [5, 5.41) is 27.2. The smallest absolute Gasteiger partial charge is 0.342 e. The van der Waals surface area contributed by atoms with E-state index < -0.39 is 40.4 Å². The molecule has 25 heavy (non-hydrogen) atoms. The Hall–Kier alpha value is -3.88. The number of hydrogen-bond donors (Lipinski definition) is 5. The lowest BCUT2D eigenvalue weighted by Gasteiger charge is -2.12. The van der Waals surface area contributed by atoms with Crippen molar-refractivity contribution in [1.82, 2.24) is 4.98 Å². The second-order valence-electron chi connectivity index (χ2n) is 4.90. The summed E-state index contributed by atoms with van der Waals surface area (Å²) in [5.41, 5.74) is 3.52. The van der Waals surface area contributed by atoms with E-state index in [1.165, 1.54) is 30.3 Å². The minimum atomic E-state index is -1.60. The van der Waals surface area contributed by atoms with Crippen molar-refractivity contribution >= 4 is 29.8 Å². The second kappa shape index (κ2) is 6.71. The first kappa shape index (κ1) is 17.5. The molecular weight excluding hydrogens is 332 g/mol. The number of aromatic amines is 1. The highest BCUT2D eigenvalue weighted by molar-refractivity contribution is 6.07. The second-order valence-corrected chi connectivity index (χ2v) is 4.90. The van der Waals surface area contributed by atoms with Crippen LogP contribution >= 0.6 is 0 Å². The van der Waals surface area contributed by atoms with Gasteiger partial charge in [0, 0.05) is 11.6 Å². The van der Waals surface area contributed by atoms with Gasteiger partial charge in [0.25, 0.3) is 5.56 Å². The van der Waals surface area contributed by atoms with Crippen LogP contribution in [0, 0.1) is 0 Å². The van der Waals surface area contributed by atoms with E-state index in [0.717, 1.165) is 6.08 Å². The summed E-state index contributed by atoms with van der Waals surface area (Å²) in [6.45, 7) is 0. The molecule has 0 bridgehead atoms. The number of carbonyl (C=O) groups is 3. The van der Waals surface area contributed by atoms with Gasteiger partial charge in [-0.2, -0.15) is 0 Å². The maximum atomic E-state index is 11.9. The maximum Gasteiger partial charge on any atom is 0.342 e. The number of aromatic nitrogens is 1. The molecule has 0 aliphatic carbocycles. The van der Waals surface area contributed by atoms with E-state index in [4.69, 9.17) is 10.8 Å². The van der Waals surface area contributed by atoms with Gasteiger partial charge in [0.15, 0.2) is 0 Å². The summed E-state index contributed by atoms with van der Waals surface area (Å²) in [6, 6.07) is 5.63. The SMILES string of the molecule is Nc1[nH]c(=O)c(C(=O)O)c(-c2ccc(C=CC(=O)O)cc2)c1C(=O)O. The van der Waals surface area contributed by atoms with Gasteiger partial charge in [-0.05, 0) is 17.2 Å². The zero-order valence-corrected chi connectivity index (χ0v) is 12.5. The molecular formula is C16H12N2O7. The van der Waals surface area contributed by atoms with Crippen molar-refractivity contribution < 1.29 is 29.7 Å². The Morgan fingerprint density at radius 3 is 2.00 bits per heavy atom. The van der Waals surface area contributed by atoms with Crippen LogP contribution in [-0.4, -0.2) is 38.2 Å². The lowest BCUT2D eigenvalue weighted by atomic mass is 9.94. The average Bonchev–Trinajstić information content (AvgIpc) is 2.51. The lowest BCUT2D eigenvalue weighted by molar-refractivity contribution is -0.131. The Labute approximate surface area is 139 Å². The molecule has 1 aromatic carbocycles. The van der Waals surface area contributed by atoms with E-state index in [-0.39, 0.29) is 11.1 Å². The molecule has 0 aliphatic rings. The summed E-state index contributed by atoms with van der Waals surface area (Å²) in [6.07, 6.45) is 2.21. The highest BCUT2D eigenvalue weighted by Crippen LogP contribution is 2.29. The Bertz CT molecular complexity index is 956. The van der Waals surface area contributed by atoms with Gasteiger partial charge in [0.2, 0.25) is 0 Å². The fraction of sp³-hybridized carbons (Fsp3) is 0. The first-order valence-electron chi connectivity index (χ1n) is 6.76. The average molecular weight is 344 g/mol. The molecule has 0 fully saturated rings. The van der Waals surface area contributed by atoms with Crippen LogP contribution in [0.5, 0.6) is 0 Å². The van der Waals surface area contributed by atoms with Gasteiger partial charge in [0.1, 0.15) is 16.9 Å². The van der Waals surface area contributed by atoms with Crippen molar-refractivity contribution in [3.63, 3.8) is 0 Å². The van der Waals surface area contributed by atoms with E-state index >= 15 is 0 Å². The van der Waals surface area contributed by atoms with E-state index in [1.54, 1.807) is 0 Å². The highest BCUT2D eigenvalue weighted by atomic mass is 16.4. The number of rotatable bonds is 5. The van der Waals surface area contributed by atoms with Gasteiger partial charge in [-0.25, -0.2) is 14.4 Å². The van der Waals surface area contributed by atoms with Crippen LogP contribution in [0.25, 0.3) is 17.2 Å². The van der Waals surface area contributed by atoms with Gasteiger partial charge in [-0.3, -0.25) is 4.79 Å². The van der Waals surface area contributed by atoms with Crippen LogP contribution in [0.4, 0.5) is 5.82 Å². The molecule has 6 N–H and O–H groups in total. The van der Waals surface area contributed by atoms with Crippen molar-refractivity contribution in [1.29, 1.82) is 0 Å². The normalized spacial score (nSPS) is 10.7. The quantitative estimate of drug-likeness (QED) is 0.502. The number of carboxylic acid groups (broad SMARTS) is 3. The minimum absolute atomic E-state index is 0.139. The molecule has 0 aliphatic heterocycles. The monoisotopic (exact) mass is 344 g/mol.